The number of aliphatic hydroxyl groups excluding tert-OH is 1. The third-order valence-electron chi connectivity index (χ3n) is 2.68. The first-order valence-electron chi connectivity index (χ1n) is 5.19. The van der Waals surface area contributed by atoms with Gasteiger partial charge in [-0.2, -0.15) is 0 Å². The lowest BCUT2D eigenvalue weighted by Crippen LogP contribution is -2.38. The number of aryl methyl sites for hydroxylation is 1. The standard InChI is InChI=1S/C9H14N4O3/c1-11-6-8(13(15)16)9(10-11)12-4-2-3-7(14)5-12/h6-7,14H,2-5H2,1H3. The van der Waals surface area contributed by atoms with Gasteiger partial charge < -0.3 is 10.0 Å². The van der Waals surface area contributed by atoms with Gasteiger partial charge in [0.25, 0.3) is 0 Å². The number of rotatable bonds is 2. The fourth-order valence-corrected chi connectivity index (χ4v) is 1.97. The molecule has 1 fully saturated rings. The highest BCUT2D eigenvalue weighted by Crippen LogP contribution is 2.28. The van der Waals surface area contributed by atoms with Crippen molar-refractivity contribution < 1.29 is 10.0 Å². The van der Waals surface area contributed by atoms with E-state index in [1.165, 1.54) is 10.9 Å². The summed E-state index contributed by atoms with van der Waals surface area (Å²) < 4.78 is 1.43. The lowest BCUT2D eigenvalue weighted by Gasteiger charge is -2.29. The van der Waals surface area contributed by atoms with Crippen LogP contribution in [0.2, 0.25) is 0 Å². The molecule has 1 aromatic heterocycles. The third-order valence-corrected chi connectivity index (χ3v) is 2.68. The largest absolute Gasteiger partial charge is 0.391 e. The summed E-state index contributed by atoms with van der Waals surface area (Å²) in [6.45, 7) is 1.12. The van der Waals surface area contributed by atoms with E-state index in [4.69, 9.17) is 0 Å². The fraction of sp³-hybridized carbons (Fsp3) is 0.667. The smallest absolute Gasteiger partial charge is 0.330 e. The summed E-state index contributed by atoms with van der Waals surface area (Å²) in [6, 6.07) is 0. The maximum atomic E-state index is 10.8. The highest BCUT2D eigenvalue weighted by Gasteiger charge is 2.27. The fourth-order valence-electron chi connectivity index (χ4n) is 1.97. The molecule has 1 saturated heterocycles. The molecule has 1 unspecified atom stereocenters. The number of nitrogens with zero attached hydrogens (tertiary/aromatic N) is 4. The quantitative estimate of drug-likeness (QED) is 0.578. The van der Waals surface area contributed by atoms with Crippen molar-refractivity contribution in [3.63, 3.8) is 0 Å². The van der Waals surface area contributed by atoms with Gasteiger partial charge in [-0.3, -0.25) is 14.8 Å². The van der Waals surface area contributed by atoms with Crippen LogP contribution in [-0.4, -0.2) is 39.0 Å². The summed E-state index contributed by atoms with van der Waals surface area (Å²) >= 11 is 0. The van der Waals surface area contributed by atoms with Crippen LogP contribution in [0, 0.1) is 10.1 Å². The Labute approximate surface area is 92.4 Å². The lowest BCUT2D eigenvalue weighted by molar-refractivity contribution is -0.384. The van der Waals surface area contributed by atoms with E-state index in [-0.39, 0.29) is 5.69 Å². The molecule has 88 valence electrons. The molecule has 7 nitrogen and oxygen atoms in total. The van der Waals surface area contributed by atoms with Gasteiger partial charge >= 0.3 is 5.69 Å². The highest BCUT2D eigenvalue weighted by molar-refractivity contribution is 5.57. The summed E-state index contributed by atoms with van der Waals surface area (Å²) in [6.07, 6.45) is 2.54. The van der Waals surface area contributed by atoms with Crippen molar-refractivity contribution in [1.29, 1.82) is 0 Å². The van der Waals surface area contributed by atoms with Crippen molar-refractivity contribution in [2.24, 2.45) is 7.05 Å². The maximum absolute atomic E-state index is 10.8. The number of aliphatic hydroxyl groups is 1. The maximum Gasteiger partial charge on any atom is 0.330 e. The van der Waals surface area contributed by atoms with Gasteiger partial charge in [0, 0.05) is 20.1 Å². The second-order valence-electron chi connectivity index (χ2n) is 4.01. The van der Waals surface area contributed by atoms with Gasteiger partial charge in [0.1, 0.15) is 6.20 Å². The average molecular weight is 226 g/mol. The minimum absolute atomic E-state index is 0.00315. The van der Waals surface area contributed by atoms with Crippen molar-refractivity contribution in [2.45, 2.75) is 18.9 Å². The number of hydrogen-bond donors (Lipinski definition) is 1. The Morgan fingerprint density at radius 2 is 2.44 bits per heavy atom. The molecule has 7 heteroatoms. The molecule has 0 radical (unpaired) electrons. The average Bonchev–Trinajstić information content (AvgIpc) is 2.60. The van der Waals surface area contributed by atoms with Gasteiger partial charge in [0.2, 0.25) is 5.82 Å². The zero-order chi connectivity index (χ0) is 11.7. The molecule has 0 saturated carbocycles. The van der Waals surface area contributed by atoms with E-state index in [1.807, 2.05) is 0 Å². The Morgan fingerprint density at radius 3 is 3.06 bits per heavy atom. The van der Waals surface area contributed by atoms with Gasteiger partial charge in [0.05, 0.1) is 11.0 Å². The third kappa shape index (κ3) is 1.99. The molecule has 0 aromatic carbocycles. The molecule has 1 aliphatic rings. The first kappa shape index (κ1) is 10.9. The summed E-state index contributed by atoms with van der Waals surface area (Å²) in [5, 5.41) is 24.4. The molecule has 0 aliphatic carbocycles. The second kappa shape index (κ2) is 4.09. The van der Waals surface area contributed by atoms with Gasteiger partial charge in [0.15, 0.2) is 0 Å². The predicted molar refractivity (Wildman–Crippen MR) is 57.3 cm³/mol. The number of aromatic nitrogens is 2. The number of nitro groups is 1. The van der Waals surface area contributed by atoms with Crippen LogP contribution in [0.25, 0.3) is 0 Å². The first-order valence-corrected chi connectivity index (χ1v) is 5.19. The van der Waals surface area contributed by atoms with Crippen LogP contribution in [0.4, 0.5) is 11.5 Å². The van der Waals surface area contributed by atoms with Crippen LogP contribution in [0.15, 0.2) is 6.20 Å². The molecule has 0 amide bonds. The molecule has 1 aromatic rings. The molecular weight excluding hydrogens is 212 g/mol. The number of anilines is 1. The van der Waals surface area contributed by atoms with Gasteiger partial charge in [-0.25, -0.2) is 0 Å². The summed E-state index contributed by atoms with van der Waals surface area (Å²) in [5.74, 6) is 0.353. The van der Waals surface area contributed by atoms with Gasteiger partial charge in [-0.15, -0.1) is 5.10 Å². The van der Waals surface area contributed by atoms with Crippen molar-refractivity contribution >= 4 is 11.5 Å². The Hall–Kier alpha value is -1.63. The van der Waals surface area contributed by atoms with Crippen LogP contribution >= 0.6 is 0 Å². The van der Waals surface area contributed by atoms with E-state index in [0.717, 1.165) is 12.8 Å². The van der Waals surface area contributed by atoms with Crippen LogP contribution in [0.3, 0.4) is 0 Å². The van der Waals surface area contributed by atoms with E-state index >= 15 is 0 Å². The molecule has 16 heavy (non-hydrogen) atoms. The van der Waals surface area contributed by atoms with Crippen LogP contribution in [0.5, 0.6) is 0 Å². The Morgan fingerprint density at radius 1 is 1.69 bits per heavy atom. The van der Waals surface area contributed by atoms with E-state index < -0.39 is 11.0 Å². The van der Waals surface area contributed by atoms with Gasteiger partial charge in [-0.05, 0) is 12.8 Å². The van der Waals surface area contributed by atoms with E-state index in [0.29, 0.717) is 18.9 Å². The number of hydrogen-bond acceptors (Lipinski definition) is 5. The van der Waals surface area contributed by atoms with Crippen molar-refractivity contribution in [3.8, 4) is 0 Å². The van der Waals surface area contributed by atoms with Gasteiger partial charge in [-0.1, -0.05) is 0 Å². The predicted octanol–water partition coefficient (Wildman–Crippen LogP) is 0.289. The topological polar surface area (TPSA) is 84.4 Å². The molecule has 0 spiro atoms. The minimum Gasteiger partial charge on any atom is -0.391 e. The van der Waals surface area contributed by atoms with E-state index in [2.05, 4.69) is 5.10 Å². The normalized spacial score (nSPS) is 21.1. The molecule has 1 N–H and O–H groups in total. The molecule has 1 aliphatic heterocycles. The summed E-state index contributed by atoms with van der Waals surface area (Å²) in [4.78, 5) is 12.2. The lowest BCUT2D eigenvalue weighted by atomic mass is 10.1. The van der Waals surface area contributed by atoms with E-state index in [9.17, 15) is 15.2 Å². The summed E-state index contributed by atoms with van der Waals surface area (Å²) in [5.41, 5.74) is -0.00315. The molecule has 0 bridgehead atoms. The minimum atomic E-state index is -0.441. The van der Waals surface area contributed by atoms with Crippen LogP contribution in [0.1, 0.15) is 12.8 Å². The zero-order valence-electron chi connectivity index (χ0n) is 9.04. The van der Waals surface area contributed by atoms with Crippen LogP contribution in [-0.2, 0) is 7.05 Å². The Kier molecular flexibility index (Phi) is 2.78. The molecule has 2 heterocycles. The zero-order valence-corrected chi connectivity index (χ0v) is 9.04. The molecule has 1 atom stereocenters. The SMILES string of the molecule is Cn1cc([N+](=O)[O-])c(N2CCCC(O)C2)n1. The van der Waals surface area contributed by atoms with Crippen molar-refractivity contribution in [3.05, 3.63) is 16.3 Å². The molecule has 2 rings (SSSR count). The number of β-amino-alcohol motifs (C(OH)–C–C–N with tert-alkyl or cyclic N) is 1. The highest BCUT2D eigenvalue weighted by atomic mass is 16.6. The number of piperidine rings is 1. The Balaban J connectivity index is 2.28. The molecular formula is C9H14N4O3. The monoisotopic (exact) mass is 226 g/mol. The second-order valence-corrected chi connectivity index (χ2v) is 4.01. The Bertz CT molecular complexity index is 403. The van der Waals surface area contributed by atoms with E-state index in [1.54, 1.807) is 11.9 Å². The van der Waals surface area contributed by atoms with Crippen LogP contribution < -0.4 is 4.90 Å². The van der Waals surface area contributed by atoms with Crippen molar-refractivity contribution in [2.75, 3.05) is 18.0 Å². The first-order chi connectivity index (χ1) is 7.58. The summed E-state index contributed by atoms with van der Waals surface area (Å²) in [7, 11) is 1.65. The van der Waals surface area contributed by atoms with Crippen molar-refractivity contribution in [1.82, 2.24) is 9.78 Å².